The number of rotatable bonds is 4. The fourth-order valence-electron chi connectivity index (χ4n) is 3.25. The Morgan fingerprint density at radius 3 is 2.38 bits per heavy atom. The predicted molar refractivity (Wildman–Crippen MR) is 95.6 cm³/mol. The van der Waals surface area contributed by atoms with Crippen molar-refractivity contribution < 1.29 is 0 Å². The minimum Gasteiger partial charge on any atom is -0.297 e. The van der Waals surface area contributed by atoms with Crippen molar-refractivity contribution in [3.05, 3.63) is 59.7 Å². The number of aryl methyl sites for hydroxylation is 1. The predicted octanol–water partition coefficient (Wildman–Crippen LogP) is 2.52. The molecule has 0 unspecified atom stereocenters. The van der Waals surface area contributed by atoms with Crippen LogP contribution >= 0.6 is 0 Å². The Bertz CT molecular complexity index is 800. The van der Waals surface area contributed by atoms with Gasteiger partial charge < -0.3 is 0 Å². The second-order valence-corrected chi connectivity index (χ2v) is 6.60. The van der Waals surface area contributed by atoms with E-state index in [9.17, 15) is 0 Å². The molecule has 124 valence electrons. The maximum absolute atomic E-state index is 4.30. The van der Waals surface area contributed by atoms with Crippen LogP contribution in [0.2, 0.25) is 0 Å². The zero-order valence-electron chi connectivity index (χ0n) is 14.1. The van der Waals surface area contributed by atoms with Crippen molar-refractivity contribution in [3.63, 3.8) is 0 Å². The van der Waals surface area contributed by atoms with E-state index in [0.717, 1.165) is 50.4 Å². The Hall–Kier alpha value is -2.24. The molecule has 0 amide bonds. The molecule has 5 heteroatoms. The summed E-state index contributed by atoms with van der Waals surface area (Å²) in [7, 11) is 0. The van der Waals surface area contributed by atoms with Gasteiger partial charge in [-0.1, -0.05) is 47.2 Å². The number of nitrogens with zero attached hydrogens (tertiary/aromatic N) is 5. The van der Waals surface area contributed by atoms with Gasteiger partial charge in [-0.25, -0.2) is 4.68 Å². The number of fused-ring (bicyclic) bond motifs is 1. The monoisotopic (exact) mass is 321 g/mol. The van der Waals surface area contributed by atoms with Crippen molar-refractivity contribution >= 4 is 11.0 Å². The lowest BCUT2D eigenvalue weighted by Gasteiger charge is -2.34. The summed E-state index contributed by atoms with van der Waals surface area (Å²) in [6.45, 7) is 8.33. The third kappa shape index (κ3) is 3.32. The van der Waals surface area contributed by atoms with Gasteiger partial charge in [0.25, 0.3) is 0 Å². The highest BCUT2D eigenvalue weighted by Gasteiger charge is 2.18. The van der Waals surface area contributed by atoms with Crippen molar-refractivity contribution in [3.8, 4) is 0 Å². The van der Waals surface area contributed by atoms with Gasteiger partial charge in [0.05, 0.1) is 12.2 Å². The first-order chi connectivity index (χ1) is 11.8. The molecule has 2 aromatic carbocycles. The highest BCUT2D eigenvalue weighted by atomic mass is 15.5. The number of hydrogen-bond donors (Lipinski definition) is 0. The van der Waals surface area contributed by atoms with Crippen LogP contribution in [0, 0.1) is 6.92 Å². The van der Waals surface area contributed by atoms with E-state index in [0.29, 0.717) is 0 Å². The first-order valence-corrected chi connectivity index (χ1v) is 8.56. The van der Waals surface area contributed by atoms with Crippen LogP contribution in [0.1, 0.15) is 11.1 Å². The molecule has 2 heterocycles. The van der Waals surface area contributed by atoms with Crippen LogP contribution in [-0.2, 0) is 13.2 Å². The minimum atomic E-state index is 0.818. The Morgan fingerprint density at radius 2 is 1.58 bits per heavy atom. The molecule has 0 spiro atoms. The van der Waals surface area contributed by atoms with Crippen LogP contribution in [0.5, 0.6) is 0 Å². The minimum absolute atomic E-state index is 0.818. The summed E-state index contributed by atoms with van der Waals surface area (Å²) in [5.74, 6) is 0. The standard InChI is InChI=1S/C19H23N5/c1-16-6-8-17(9-7-16)14-22-10-12-23(13-11-22)15-24-19-5-3-2-4-18(19)20-21-24/h2-9H,10-15H2,1H3. The summed E-state index contributed by atoms with van der Waals surface area (Å²) in [6.07, 6.45) is 0. The van der Waals surface area contributed by atoms with Gasteiger partial charge in [-0.2, -0.15) is 0 Å². The summed E-state index contributed by atoms with van der Waals surface area (Å²) < 4.78 is 2.00. The lowest BCUT2D eigenvalue weighted by Crippen LogP contribution is -2.46. The molecule has 0 N–H and O–H groups in total. The molecule has 4 rings (SSSR count). The van der Waals surface area contributed by atoms with Gasteiger partial charge in [0.15, 0.2) is 0 Å². The molecule has 0 bridgehead atoms. The number of benzene rings is 2. The average Bonchev–Trinajstić information content (AvgIpc) is 3.02. The molecule has 0 aliphatic carbocycles. The van der Waals surface area contributed by atoms with E-state index in [1.54, 1.807) is 0 Å². The molecule has 24 heavy (non-hydrogen) atoms. The maximum atomic E-state index is 4.30. The van der Waals surface area contributed by atoms with Gasteiger partial charge in [-0.3, -0.25) is 9.80 Å². The number of aromatic nitrogens is 3. The van der Waals surface area contributed by atoms with Crippen LogP contribution in [0.25, 0.3) is 11.0 Å². The van der Waals surface area contributed by atoms with E-state index in [2.05, 4.69) is 57.4 Å². The van der Waals surface area contributed by atoms with Crippen LogP contribution in [0.4, 0.5) is 0 Å². The molecular weight excluding hydrogens is 298 g/mol. The molecule has 0 saturated carbocycles. The number of hydrogen-bond acceptors (Lipinski definition) is 4. The summed E-state index contributed by atoms with van der Waals surface area (Å²) in [5.41, 5.74) is 4.80. The fourth-order valence-corrected chi connectivity index (χ4v) is 3.25. The second kappa shape index (κ2) is 6.71. The van der Waals surface area contributed by atoms with Crippen LogP contribution in [0.15, 0.2) is 48.5 Å². The molecular formula is C19H23N5. The third-order valence-electron chi connectivity index (χ3n) is 4.75. The van der Waals surface area contributed by atoms with E-state index < -0.39 is 0 Å². The highest BCUT2D eigenvalue weighted by molar-refractivity contribution is 5.73. The van der Waals surface area contributed by atoms with Gasteiger partial charge in [-0.15, -0.1) is 5.10 Å². The molecule has 3 aromatic rings. The SMILES string of the molecule is Cc1ccc(CN2CCN(Cn3nnc4ccccc43)CC2)cc1. The lowest BCUT2D eigenvalue weighted by atomic mass is 10.1. The number of piperazine rings is 1. The largest absolute Gasteiger partial charge is 0.297 e. The Labute approximate surface area is 142 Å². The molecule has 0 radical (unpaired) electrons. The van der Waals surface area contributed by atoms with E-state index >= 15 is 0 Å². The summed E-state index contributed by atoms with van der Waals surface area (Å²) in [6, 6.07) is 17.0. The van der Waals surface area contributed by atoms with Crippen LogP contribution in [-0.4, -0.2) is 51.0 Å². The maximum Gasteiger partial charge on any atom is 0.113 e. The normalized spacial score (nSPS) is 16.7. The first-order valence-electron chi connectivity index (χ1n) is 8.56. The Kier molecular flexibility index (Phi) is 4.28. The fraction of sp³-hybridized carbons (Fsp3) is 0.368. The first kappa shape index (κ1) is 15.3. The summed E-state index contributed by atoms with van der Waals surface area (Å²) in [4.78, 5) is 4.98. The quantitative estimate of drug-likeness (QED) is 0.740. The van der Waals surface area contributed by atoms with E-state index in [1.165, 1.54) is 11.1 Å². The zero-order chi connectivity index (χ0) is 16.4. The number of para-hydroxylation sites is 1. The van der Waals surface area contributed by atoms with Crippen molar-refractivity contribution in [2.24, 2.45) is 0 Å². The molecule has 1 fully saturated rings. The van der Waals surface area contributed by atoms with Gasteiger partial charge in [0, 0.05) is 32.7 Å². The molecule has 1 aromatic heterocycles. The lowest BCUT2D eigenvalue weighted by molar-refractivity contribution is 0.0996. The van der Waals surface area contributed by atoms with Crippen LogP contribution in [0.3, 0.4) is 0 Å². The van der Waals surface area contributed by atoms with Gasteiger partial charge in [-0.05, 0) is 24.6 Å². The molecule has 0 atom stereocenters. The third-order valence-corrected chi connectivity index (χ3v) is 4.75. The Morgan fingerprint density at radius 1 is 0.875 bits per heavy atom. The van der Waals surface area contributed by atoms with E-state index in [4.69, 9.17) is 0 Å². The zero-order valence-corrected chi connectivity index (χ0v) is 14.1. The topological polar surface area (TPSA) is 37.2 Å². The second-order valence-electron chi connectivity index (χ2n) is 6.60. The highest BCUT2D eigenvalue weighted by Crippen LogP contribution is 2.13. The Balaban J connectivity index is 1.33. The smallest absolute Gasteiger partial charge is 0.113 e. The molecule has 1 aliphatic rings. The van der Waals surface area contributed by atoms with Crippen molar-refractivity contribution in [2.45, 2.75) is 20.1 Å². The van der Waals surface area contributed by atoms with Gasteiger partial charge >= 0.3 is 0 Å². The van der Waals surface area contributed by atoms with Crippen LogP contribution < -0.4 is 0 Å². The molecule has 1 aliphatic heterocycles. The van der Waals surface area contributed by atoms with E-state index in [-0.39, 0.29) is 0 Å². The summed E-state index contributed by atoms with van der Waals surface area (Å²) >= 11 is 0. The average molecular weight is 321 g/mol. The molecule has 5 nitrogen and oxygen atoms in total. The summed E-state index contributed by atoms with van der Waals surface area (Å²) in [5, 5.41) is 8.53. The molecule has 1 saturated heterocycles. The van der Waals surface area contributed by atoms with Crippen molar-refractivity contribution in [2.75, 3.05) is 26.2 Å². The van der Waals surface area contributed by atoms with E-state index in [1.807, 2.05) is 22.9 Å². The van der Waals surface area contributed by atoms with Crippen molar-refractivity contribution in [1.82, 2.24) is 24.8 Å². The van der Waals surface area contributed by atoms with Gasteiger partial charge in [0.2, 0.25) is 0 Å². The van der Waals surface area contributed by atoms with Crippen molar-refractivity contribution in [1.29, 1.82) is 0 Å². The van der Waals surface area contributed by atoms with Gasteiger partial charge in [0.1, 0.15) is 5.52 Å².